The summed E-state index contributed by atoms with van der Waals surface area (Å²) in [5.41, 5.74) is 1.94. The van der Waals surface area contributed by atoms with Crippen LogP contribution < -0.4 is 5.32 Å². The van der Waals surface area contributed by atoms with Gasteiger partial charge in [-0.2, -0.15) is 0 Å². The van der Waals surface area contributed by atoms with E-state index in [0.717, 1.165) is 18.4 Å². The van der Waals surface area contributed by atoms with Gasteiger partial charge in [-0.15, -0.1) is 11.8 Å². The van der Waals surface area contributed by atoms with Gasteiger partial charge in [-0.3, -0.25) is 9.59 Å². The zero-order valence-electron chi connectivity index (χ0n) is 21.1. The van der Waals surface area contributed by atoms with E-state index in [1.807, 2.05) is 37.3 Å². The fourth-order valence-electron chi connectivity index (χ4n) is 3.89. The van der Waals surface area contributed by atoms with Gasteiger partial charge < -0.3 is 10.2 Å². The van der Waals surface area contributed by atoms with Crippen molar-refractivity contribution >= 4 is 58.4 Å². The summed E-state index contributed by atoms with van der Waals surface area (Å²) < 4.78 is 14.3. The minimum absolute atomic E-state index is 0.0312. The first-order valence-electron chi connectivity index (χ1n) is 12.4. The van der Waals surface area contributed by atoms with Gasteiger partial charge in [-0.1, -0.05) is 90.6 Å². The molecule has 1 atom stereocenters. The van der Waals surface area contributed by atoms with Crippen molar-refractivity contribution in [2.75, 3.05) is 12.3 Å². The van der Waals surface area contributed by atoms with Crippen molar-refractivity contribution in [2.45, 2.75) is 44.5 Å². The molecular formula is C29H30Cl3FN2O2S. The van der Waals surface area contributed by atoms with Gasteiger partial charge in [0.2, 0.25) is 11.8 Å². The lowest BCUT2D eigenvalue weighted by molar-refractivity contribution is -0.139. The number of hydrogen-bond donors (Lipinski definition) is 1. The van der Waals surface area contributed by atoms with Gasteiger partial charge in [-0.05, 0) is 41.8 Å². The molecule has 2 amide bonds. The number of halogens is 4. The largest absolute Gasteiger partial charge is 0.354 e. The minimum Gasteiger partial charge on any atom is -0.354 e. The molecule has 1 N–H and O–H groups in total. The fourth-order valence-corrected chi connectivity index (χ4v) is 5.60. The summed E-state index contributed by atoms with van der Waals surface area (Å²) in [5, 5.41) is 4.18. The molecule has 0 radical (unpaired) electrons. The molecule has 0 saturated heterocycles. The molecule has 0 heterocycles. The maximum absolute atomic E-state index is 14.3. The van der Waals surface area contributed by atoms with Crippen LogP contribution in [-0.2, 0) is 28.3 Å². The predicted octanol–water partition coefficient (Wildman–Crippen LogP) is 7.58. The molecule has 9 heteroatoms. The SMILES string of the molecule is CCCCNC(=O)C(Cc1ccccc1)N(Cc1ccc(Cl)cc1Cl)C(=O)CSCc1c(F)cccc1Cl. The molecule has 0 aromatic heterocycles. The Labute approximate surface area is 242 Å². The molecule has 0 bridgehead atoms. The van der Waals surface area contributed by atoms with Gasteiger partial charge in [0.15, 0.2) is 0 Å². The zero-order chi connectivity index (χ0) is 27.5. The van der Waals surface area contributed by atoms with Gasteiger partial charge in [0.05, 0.1) is 5.75 Å². The normalized spacial score (nSPS) is 11.7. The molecule has 4 nitrogen and oxygen atoms in total. The van der Waals surface area contributed by atoms with Crippen LogP contribution in [0.5, 0.6) is 0 Å². The van der Waals surface area contributed by atoms with Crippen LogP contribution in [0.15, 0.2) is 66.7 Å². The molecule has 0 spiro atoms. The fraction of sp³-hybridized carbons (Fsp3) is 0.310. The first-order chi connectivity index (χ1) is 18.3. The van der Waals surface area contributed by atoms with Crippen molar-refractivity contribution in [1.29, 1.82) is 0 Å². The van der Waals surface area contributed by atoms with Gasteiger partial charge in [0.25, 0.3) is 0 Å². The average Bonchev–Trinajstić information content (AvgIpc) is 2.89. The number of hydrogen-bond acceptors (Lipinski definition) is 3. The highest BCUT2D eigenvalue weighted by atomic mass is 35.5. The summed E-state index contributed by atoms with van der Waals surface area (Å²) in [6.45, 7) is 2.68. The van der Waals surface area contributed by atoms with E-state index in [4.69, 9.17) is 34.8 Å². The number of thioether (sulfide) groups is 1. The Morgan fingerprint density at radius 1 is 1.00 bits per heavy atom. The number of amides is 2. The molecule has 0 aliphatic heterocycles. The van der Waals surface area contributed by atoms with Crippen LogP contribution in [0.4, 0.5) is 4.39 Å². The van der Waals surface area contributed by atoms with Crippen LogP contribution in [0.25, 0.3) is 0 Å². The van der Waals surface area contributed by atoms with Crippen LogP contribution in [-0.4, -0.2) is 35.1 Å². The van der Waals surface area contributed by atoms with E-state index in [2.05, 4.69) is 5.32 Å². The molecule has 0 saturated carbocycles. The highest BCUT2D eigenvalue weighted by Gasteiger charge is 2.30. The van der Waals surface area contributed by atoms with Crippen molar-refractivity contribution in [3.05, 3.63) is 104 Å². The van der Waals surface area contributed by atoms with Crippen LogP contribution in [0.2, 0.25) is 15.1 Å². The van der Waals surface area contributed by atoms with Crippen molar-refractivity contribution in [3.63, 3.8) is 0 Å². The number of rotatable bonds is 13. The number of nitrogens with one attached hydrogen (secondary N) is 1. The van der Waals surface area contributed by atoms with Crippen LogP contribution >= 0.6 is 46.6 Å². The predicted molar refractivity (Wildman–Crippen MR) is 156 cm³/mol. The monoisotopic (exact) mass is 594 g/mol. The van der Waals surface area contributed by atoms with Crippen molar-refractivity contribution in [1.82, 2.24) is 10.2 Å². The Morgan fingerprint density at radius 3 is 2.45 bits per heavy atom. The van der Waals surface area contributed by atoms with Crippen molar-refractivity contribution < 1.29 is 14.0 Å². The number of nitrogens with zero attached hydrogens (tertiary/aromatic N) is 1. The maximum atomic E-state index is 14.3. The lowest BCUT2D eigenvalue weighted by Gasteiger charge is -2.32. The maximum Gasteiger partial charge on any atom is 0.243 e. The summed E-state index contributed by atoms with van der Waals surface area (Å²) in [7, 11) is 0. The lowest BCUT2D eigenvalue weighted by atomic mass is 10.0. The van der Waals surface area contributed by atoms with E-state index in [-0.39, 0.29) is 29.9 Å². The Bertz CT molecular complexity index is 1210. The standard InChI is InChI=1S/C29H30Cl3FN2O2S/c1-2-3-14-34-29(37)27(15-20-8-5-4-6-9-20)35(17-21-12-13-22(30)16-25(21)32)28(36)19-38-18-23-24(31)10-7-11-26(23)33/h4-13,16,27H,2-3,14-15,17-19H2,1H3,(H,34,37). The third kappa shape index (κ3) is 8.91. The van der Waals surface area contributed by atoms with Crippen molar-refractivity contribution in [3.8, 4) is 0 Å². The van der Waals surface area contributed by atoms with Crippen LogP contribution in [0, 0.1) is 5.82 Å². The van der Waals surface area contributed by atoms with E-state index in [1.54, 1.807) is 35.2 Å². The summed E-state index contributed by atoms with van der Waals surface area (Å²) in [5.74, 6) is -0.662. The minimum atomic E-state index is -0.772. The molecule has 38 heavy (non-hydrogen) atoms. The highest BCUT2D eigenvalue weighted by molar-refractivity contribution is 7.99. The van der Waals surface area contributed by atoms with E-state index in [9.17, 15) is 14.0 Å². The Kier molecular flexibility index (Phi) is 12.3. The molecule has 0 aliphatic carbocycles. The summed E-state index contributed by atoms with van der Waals surface area (Å²) in [6.07, 6.45) is 2.10. The van der Waals surface area contributed by atoms with Crippen molar-refractivity contribution in [2.24, 2.45) is 0 Å². The molecule has 3 aromatic rings. The molecule has 3 rings (SSSR count). The highest BCUT2D eigenvalue weighted by Crippen LogP contribution is 2.27. The summed E-state index contributed by atoms with van der Waals surface area (Å²) >= 11 is 19.9. The molecule has 1 unspecified atom stereocenters. The molecule has 202 valence electrons. The smallest absolute Gasteiger partial charge is 0.243 e. The van der Waals surface area contributed by atoms with Gasteiger partial charge in [0, 0.05) is 45.9 Å². The third-order valence-electron chi connectivity index (χ3n) is 5.99. The topological polar surface area (TPSA) is 49.4 Å². The zero-order valence-corrected chi connectivity index (χ0v) is 24.1. The lowest BCUT2D eigenvalue weighted by Crippen LogP contribution is -2.51. The number of unbranched alkanes of at least 4 members (excludes halogenated alkanes) is 1. The van der Waals surface area contributed by atoms with E-state index in [1.165, 1.54) is 17.8 Å². The average molecular weight is 596 g/mol. The number of benzene rings is 3. The van der Waals surface area contributed by atoms with Gasteiger partial charge >= 0.3 is 0 Å². The molecule has 0 aliphatic rings. The second-order valence-corrected chi connectivity index (χ2v) is 11.0. The Morgan fingerprint density at radius 2 is 1.76 bits per heavy atom. The second kappa shape index (κ2) is 15.4. The van der Waals surface area contributed by atoms with Gasteiger partial charge in [0.1, 0.15) is 11.9 Å². The Balaban J connectivity index is 1.88. The van der Waals surface area contributed by atoms with Gasteiger partial charge in [-0.25, -0.2) is 4.39 Å². The first kappa shape index (κ1) is 30.3. The summed E-state index contributed by atoms with van der Waals surface area (Å²) in [4.78, 5) is 28.7. The Hall–Kier alpha value is -2.25. The number of carbonyl (C=O) groups is 2. The van der Waals surface area contributed by atoms with E-state index < -0.39 is 11.9 Å². The summed E-state index contributed by atoms with van der Waals surface area (Å²) in [6, 6.07) is 18.4. The molecular weight excluding hydrogens is 566 g/mol. The molecule has 3 aromatic carbocycles. The quantitative estimate of drug-likeness (QED) is 0.207. The first-order valence-corrected chi connectivity index (χ1v) is 14.6. The van der Waals surface area contributed by atoms with E-state index >= 15 is 0 Å². The molecule has 0 fully saturated rings. The van der Waals surface area contributed by atoms with Crippen LogP contribution in [0.3, 0.4) is 0 Å². The van der Waals surface area contributed by atoms with Crippen LogP contribution in [0.1, 0.15) is 36.5 Å². The van der Waals surface area contributed by atoms with E-state index in [0.29, 0.717) is 39.2 Å². The number of carbonyl (C=O) groups excluding carboxylic acids is 2. The second-order valence-electron chi connectivity index (χ2n) is 8.80. The third-order valence-corrected chi connectivity index (χ3v) is 7.88.